The zero-order chi connectivity index (χ0) is 19.4. The second-order valence-corrected chi connectivity index (χ2v) is 7.61. The number of ether oxygens (including phenoxy) is 2. The summed E-state index contributed by atoms with van der Waals surface area (Å²) in [4.78, 5) is 26.5. The van der Waals surface area contributed by atoms with Gasteiger partial charge in [-0.3, -0.25) is 9.59 Å². The molecule has 0 radical (unpaired) electrons. The van der Waals surface area contributed by atoms with Gasteiger partial charge in [-0.05, 0) is 63.1 Å². The molecule has 27 heavy (non-hydrogen) atoms. The van der Waals surface area contributed by atoms with Gasteiger partial charge < -0.3 is 19.7 Å². The third-order valence-corrected chi connectivity index (χ3v) is 5.63. The molecule has 6 nitrogen and oxygen atoms in total. The molecule has 0 aliphatic carbocycles. The first-order valence-electron chi connectivity index (χ1n) is 9.85. The van der Waals surface area contributed by atoms with Gasteiger partial charge in [0, 0.05) is 25.7 Å². The fourth-order valence-electron chi connectivity index (χ4n) is 3.72. The van der Waals surface area contributed by atoms with Crippen molar-refractivity contribution in [1.82, 2.24) is 10.2 Å². The van der Waals surface area contributed by atoms with Gasteiger partial charge in [0.15, 0.2) is 6.61 Å². The summed E-state index contributed by atoms with van der Waals surface area (Å²) in [6.45, 7) is 8.07. The van der Waals surface area contributed by atoms with Gasteiger partial charge >= 0.3 is 0 Å². The molecular formula is C21H30N2O4. The number of aryl methyl sites for hydroxylation is 2. The molecule has 2 aliphatic heterocycles. The van der Waals surface area contributed by atoms with E-state index in [0.717, 1.165) is 48.1 Å². The van der Waals surface area contributed by atoms with Crippen LogP contribution in [0.1, 0.15) is 42.4 Å². The summed E-state index contributed by atoms with van der Waals surface area (Å²) in [5.41, 5.74) is 3.28. The first kappa shape index (κ1) is 19.7. The number of piperidine rings is 1. The van der Waals surface area contributed by atoms with E-state index in [-0.39, 0.29) is 30.6 Å². The van der Waals surface area contributed by atoms with E-state index < -0.39 is 0 Å². The Morgan fingerprint density at radius 2 is 1.85 bits per heavy atom. The summed E-state index contributed by atoms with van der Waals surface area (Å²) in [6.07, 6.45) is 3.00. The maximum atomic E-state index is 12.5. The number of benzene rings is 1. The zero-order valence-electron chi connectivity index (χ0n) is 16.5. The average Bonchev–Trinajstić information content (AvgIpc) is 3.20. The first-order chi connectivity index (χ1) is 13.0. The highest BCUT2D eigenvalue weighted by Gasteiger charge is 2.28. The van der Waals surface area contributed by atoms with Crippen LogP contribution in [-0.2, 0) is 14.3 Å². The van der Waals surface area contributed by atoms with E-state index in [4.69, 9.17) is 9.47 Å². The molecule has 0 aromatic heterocycles. The largest absolute Gasteiger partial charge is 0.483 e. The Bertz CT molecular complexity index is 690. The Kier molecular flexibility index (Phi) is 6.37. The quantitative estimate of drug-likeness (QED) is 0.859. The van der Waals surface area contributed by atoms with E-state index in [9.17, 15) is 9.59 Å². The molecule has 2 amide bonds. The molecule has 3 rings (SSSR count). The Balaban J connectivity index is 1.45. The van der Waals surface area contributed by atoms with Gasteiger partial charge in [0.25, 0.3) is 5.91 Å². The summed E-state index contributed by atoms with van der Waals surface area (Å²) in [6, 6.07) is 4.20. The minimum Gasteiger partial charge on any atom is -0.483 e. The van der Waals surface area contributed by atoms with Crippen molar-refractivity contribution in [2.75, 3.05) is 26.3 Å². The maximum Gasteiger partial charge on any atom is 0.260 e. The number of likely N-dealkylation sites (tertiary alicyclic amines) is 1. The number of nitrogens with one attached hydrogen (secondary N) is 1. The zero-order valence-corrected chi connectivity index (χ0v) is 16.5. The topological polar surface area (TPSA) is 67.9 Å². The average molecular weight is 374 g/mol. The van der Waals surface area contributed by atoms with Crippen LogP contribution >= 0.6 is 0 Å². The summed E-state index contributed by atoms with van der Waals surface area (Å²) >= 11 is 0. The number of nitrogens with zero attached hydrogens (tertiary/aromatic N) is 1. The van der Waals surface area contributed by atoms with Gasteiger partial charge in [-0.1, -0.05) is 12.1 Å². The second-order valence-electron chi connectivity index (χ2n) is 7.61. The Morgan fingerprint density at radius 3 is 2.52 bits per heavy atom. The predicted octanol–water partition coefficient (Wildman–Crippen LogP) is 2.28. The summed E-state index contributed by atoms with van der Waals surface area (Å²) < 4.78 is 11.3. The van der Waals surface area contributed by atoms with Crippen LogP contribution in [0.5, 0.6) is 5.75 Å². The number of hydrogen-bond acceptors (Lipinski definition) is 4. The van der Waals surface area contributed by atoms with Crippen molar-refractivity contribution in [3.8, 4) is 5.75 Å². The van der Waals surface area contributed by atoms with Crippen LogP contribution in [0, 0.1) is 20.8 Å². The molecule has 1 aromatic carbocycles. The molecule has 148 valence electrons. The molecule has 2 heterocycles. The molecule has 0 saturated carbocycles. The van der Waals surface area contributed by atoms with Crippen molar-refractivity contribution in [3.63, 3.8) is 0 Å². The molecule has 1 aromatic rings. The van der Waals surface area contributed by atoms with E-state index in [1.807, 2.05) is 31.7 Å². The minimum atomic E-state index is -0.293. The van der Waals surface area contributed by atoms with E-state index in [1.165, 1.54) is 0 Å². The number of hydrogen-bond donors (Lipinski definition) is 1. The van der Waals surface area contributed by atoms with Crippen molar-refractivity contribution < 1.29 is 19.1 Å². The lowest BCUT2D eigenvalue weighted by Gasteiger charge is -2.32. The van der Waals surface area contributed by atoms with Crippen molar-refractivity contribution >= 4 is 11.8 Å². The third kappa shape index (κ3) is 4.80. The Hall–Kier alpha value is -2.08. The lowest BCUT2D eigenvalue weighted by atomic mass is 10.0. The van der Waals surface area contributed by atoms with Crippen LogP contribution < -0.4 is 10.1 Å². The normalized spacial score (nSPS) is 20.6. The van der Waals surface area contributed by atoms with Gasteiger partial charge in [-0.15, -0.1) is 0 Å². The molecule has 0 bridgehead atoms. The minimum absolute atomic E-state index is 0.000732. The molecule has 1 atom stereocenters. The van der Waals surface area contributed by atoms with Crippen LogP contribution in [0.4, 0.5) is 0 Å². The Labute approximate surface area is 161 Å². The highest BCUT2D eigenvalue weighted by molar-refractivity contribution is 5.81. The fourth-order valence-corrected chi connectivity index (χ4v) is 3.72. The highest BCUT2D eigenvalue weighted by Crippen LogP contribution is 2.25. The van der Waals surface area contributed by atoms with Gasteiger partial charge in [-0.2, -0.15) is 0 Å². The maximum absolute atomic E-state index is 12.5. The van der Waals surface area contributed by atoms with Gasteiger partial charge in [0.2, 0.25) is 5.91 Å². The summed E-state index contributed by atoms with van der Waals surface area (Å²) in [7, 11) is 0. The fraction of sp³-hybridized carbons (Fsp3) is 0.619. The number of carbonyl (C=O) groups excluding carboxylic acids is 2. The highest BCUT2D eigenvalue weighted by atomic mass is 16.5. The van der Waals surface area contributed by atoms with E-state index in [1.54, 1.807) is 0 Å². The van der Waals surface area contributed by atoms with E-state index in [0.29, 0.717) is 19.7 Å². The predicted molar refractivity (Wildman–Crippen MR) is 103 cm³/mol. The van der Waals surface area contributed by atoms with Crippen molar-refractivity contribution in [2.24, 2.45) is 0 Å². The molecule has 2 aliphatic rings. The monoisotopic (exact) mass is 374 g/mol. The van der Waals surface area contributed by atoms with Crippen molar-refractivity contribution in [2.45, 2.75) is 58.6 Å². The molecular weight excluding hydrogens is 344 g/mol. The van der Waals surface area contributed by atoms with Crippen LogP contribution in [0.3, 0.4) is 0 Å². The van der Waals surface area contributed by atoms with E-state index >= 15 is 0 Å². The van der Waals surface area contributed by atoms with E-state index in [2.05, 4.69) is 11.4 Å². The number of amides is 2. The SMILES string of the molecule is Cc1ccc(C)c(OCC(=O)N2CCC(NC(=O)C3CCCO3)CC2)c1C. The smallest absolute Gasteiger partial charge is 0.260 e. The lowest BCUT2D eigenvalue weighted by molar-refractivity contribution is -0.135. The summed E-state index contributed by atoms with van der Waals surface area (Å²) in [5.74, 6) is 0.798. The second kappa shape index (κ2) is 8.74. The summed E-state index contributed by atoms with van der Waals surface area (Å²) in [5, 5.41) is 3.07. The van der Waals surface area contributed by atoms with Crippen LogP contribution in [0.15, 0.2) is 12.1 Å². The third-order valence-electron chi connectivity index (χ3n) is 5.63. The molecule has 6 heteroatoms. The molecule has 2 fully saturated rings. The Morgan fingerprint density at radius 1 is 1.15 bits per heavy atom. The lowest BCUT2D eigenvalue weighted by Crippen LogP contribution is -2.49. The molecule has 1 N–H and O–H groups in total. The van der Waals surface area contributed by atoms with Crippen molar-refractivity contribution in [3.05, 3.63) is 28.8 Å². The first-order valence-corrected chi connectivity index (χ1v) is 9.85. The number of carbonyl (C=O) groups is 2. The van der Waals surface area contributed by atoms with Gasteiger partial charge in [0.05, 0.1) is 0 Å². The standard InChI is InChI=1S/C21H30N2O4/c1-14-6-7-15(2)20(16(14)3)27-13-19(24)23-10-8-17(9-11-23)22-21(25)18-5-4-12-26-18/h6-7,17-18H,4-5,8-13H2,1-3H3,(H,22,25). The molecule has 0 spiro atoms. The van der Waals surface area contributed by atoms with Gasteiger partial charge in [-0.25, -0.2) is 0 Å². The van der Waals surface area contributed by atoms with Gasteiger partial charge in [0.1, 0.15) is 11.9 Å². The van der Waals surface area contributed by atoms with Crippen molar-refractivity contribution in [1.29, 1.82) is 0 Å². The van der Waals surface area contributed by atoms with Crippen LogP contribution in [-0.4, -0.2) is 55.2 Å². The molecule has 2 saturated heterocycles. The molecule has 1 unspecified atom stereocenters. The number of rotatable bonds is 5. The van der Waals surface area contributed by atoms with Crippen LogP contribution in [0.25, 0.3) is 0 Å². The van der Waals surface area contributed by atoms with Crippen LogP contribution in [0.2, 0.25) is 0 Å².